The Morgan fingerprint density at radius 2 is 1.71 bits per heavy atom. The number of aryl methyl sites for hydroxylation is 2. The summed E-state index contributed by atoms with van der Waals surface area (Å²) in [6.07, 6.45) is 3.12. The largest absolute Gasteiger partial charge is 0.324 e. The molecule has 1 heterocycles. The third-order valence-corrected chi connectivity index (χ3v) is 5.67. The van der Waals surface area contributed by atoms with E-state index in [1.165, 1.54) is 0 Å². The lowest BCUT2D eigenvalue weighted by Crippen LogP contribution is -2.47. The summed E-state index contributed by atoms with van der Waals surface area (Å²) in [6.45, 7) is 3.97. The molecule has 0 unspecified atom stereocenters. The molecule has 1 aliphatic heterocycles. The fraction of sp³-hybridized carbons (Fsp3) is 0.318. The van der Waals surface area contributed by atoms with Gasteiger partial charge in [0.15, 0.2) is 0 Å². The zero-order valence-corrected chi connectivity index (χ0v) is 17.1. The number of para-hydroxylation sites is 1. The first-order valence-corrected chi connectivity index (χ1v) is 10.7. The van der Waals surface area contributed by atoms with Gasteiger partial charge in [0.1, 0.15) is 6.04 Å². The SMILES string of the molecule is CCc1cccc(C)c1NC(=O)[C@@H](CCSC)N1C(=O)c2ccccc2C1=O. The molecule has 3 rings (SSSR count). The van der Waals surface area contributed by atoms with Crippen LogP contribution < -0.4 is 5.32 Å². The number of hydrogen-bond donors (Lipinski definition) is 1. The molecule has 1 N–H and O–H groups in total. The summed E-state index contributed by atoms with van der Waals surface area (Å²) >= 11 is 1.58. The molecular formula is C22H24N2O3S. The Morgan fingerprint density at radius 3 is 2.29 bits per heavy atom. The van der Waals surface area contributed by atoms with Gasteiger partial charge in [-0.05, 0) is 55.0 Å². The summed E-state index contributed by atoms with van der Waals surface area (Å²) in [7, 11) is 0. The van der Waals surface area contributed by atoms with Crippen molar-refractivity contribution in [2.45, 2.75) is 32.7 Å². The number of thioether (sulfide) groups is 1. The third kappa shape index (κ3) is 3.69. The predicted molar refractivity (Wildman–Crippen MR) is 113 cm³/mol. The van der Waals surface area contributed by atoms with Crippen LogP contribution in [0, 0.1) is 6.92 Å². The van der Waals surface area contributed by atoms with Crippen molar-refractivity contribution in [1.82, 2.24) is 4.90 Å². The number of hydrogen-bond acceptors (Lipinski definition) is 4. The first kappa shape index (κ1) is 20.1. The Labute approximate surface area is 169 Å². The van der Waals surface area contributed by atoms with Gasteiger partial charge in [0.25, 0.3) is 11.8 Å². The Bertz CT molecular complexity index is 891. The van der Waals surface area contributed by atoms with Crippen LogP contribution in [-0.4, -0.2) is 40.7 Å². The number of rotatable bonds is 7. The first-order chi connectivity index (χ1) is 13.5. The second kappa shape index (κ2) is 8.61. The van der Waals surface area contributed by atoms with Crippen LogP contribution in [0.4, 0.5) is 5.69 Å². The van der Waals surface area contributed by atoms with Gasteiger partial charge in [0, 0.05) is 5.69 Å². The van der Waals surface area contributed by atoms with Crippen molar-refractivity contribution in [3.8, 4) is 0 Å². The molecule has 0 bridgehead atoms. The maximum Gasteiger partial charge on any atom is 0.262 e. The van der Waals surface area contributed by atoms with E-state index in [9.17, 15) is 14.4 Å². The Balaban J connectivity index is 1.92. The molecule has 0 aromatic heterocycles. The van der Waals surface area contributed by atoms with Gasteiger partial charge in [-0.3, -0.25) is 19.3 Å². The highest BCUT2D eigenvalue weighted by molar-refractivity contribution is 7.98. The van der Waals surface area contributed by atoms with Gasteiger partial charge in [-0.2, -0.15) is 11.8 Å². The number of imide groups is 1. The van der Waals surface area contributed by atoms with Gasteiger partial charge in [-0.1, -0.05) is 37.3 Å². The minimum atomic E-state index is -0.843. The number of fused-ring (bicyclic) bond motifs is 1. The minimum Gasteiger partial charge on any atom is -0.324 e. The quantitative estimate of drug-likeness (QED) is 0.721. The fourth-order valence-corrected chi connectivity index (χ4v) is 3.97. The van der Waals surface area contributed by atoms with Gasteiger partial charge in [0.2, 0.25) is 5.91 Å². The van der Waals surface area contributed by atoms with Crippen LogP contribution >= 0.6 is 11.8 Å². The lowest BCUT2D eigenvalue weighted by atomic mass is 10.0. The van der Waals surface area contributed by atoms with E-state index in [1.54, 1.807) is 36.0 Å². The fourth-order valence-electron chi connectivity index (χ4n) is 3.51. The van der Waals surface area contributed by atoms with Crippen molar-refractivity contribution in [1.29, 1.82) is 0 Å². The van der Waals surface area contributed by atoms with Crippen molar-refractivity contribution >= 4 is 35.2 Å². The van der Waals surface area contributed by atoms with Gasteiger partial charge < -0.3 is 5.32 Å². The number of carbonyl (C=O) groups is 3. The number of amides is 3. The Kier molecular flexibility index (Phi) is 6.19. The van der Waals surface area contributed by atoms with E-state index in [0.29, 0.717) is 23.3 Å². The van der Waals surface area contributed by atoms with E-state index in [2.05, 4.69) is 5.32 Å². The molecule has 5 nitrogen and oxygen atoms in total. The predicted octanol–water partition coefficient (Wildman–Crippen LogP) is 3.91. The lowest BCUT2D eigenvalue weighted by molar-refractivity contribution is -0.120. The van der Waals surface area contributed by atoms with Crippen LogP contribution in [-0.2, 0) is 11.2 Å². The van der Waals surface area contributed by atoms with Crippen molar-refractivity contribution in [2.75, 3.05) is 17.3 Å². The lowest BCUT2D eigenvalue weighted by Gasteiger charge is -2.26. The van der Waals surface area contributed by atoms with Crippen LogP contribution in [0.1, 0.15) is 45.2 Å². The number of nitrogens with one attached hydrogen (secondary N) is 1. The molecule has 0 fully saturated rings. The molecule has 2 aromatic rings. The average molecular weight is 397 g/mol. The monoisotopic (exact) mass is 396 g/mol. The second-order valence-electron chi connectivity index (χ2n) is 6.78. The molecule has 28 heavy (non-hydrogen) atoms. The highest BCUT2D eigenvalue weighted by Gasteiger charge is 2.42. The number of anilines is 1. The zero-order chi connectivity index (χ0) is 20.3. The van der Waals surface area contributed by atoms with Crippen molar-refractivity contribution in [3.63, 3.8) is 0 Å². The van der Waals surface area contributed by atoms with Crippen LogP contribution in [0.15, 0.2) is 42.5 Å². The van der Waals surface area contributed by atoms with Crippen LogP contribution in [0.3, 0.4) is 0 Å². The van der Waals surface area contributed by atoms with E-state index in [0.717, 1.165) is 28.1 Å². The van der Waals surface area contributed by atoms with E-state index >= 15 is 0 Å². The molecule has 2 aromatic carbocycles. The van der Waals surface area contributed by atoms with Crippen molar-refractivity contribution < 1.29 is 14.4 Å². The van der Waals surface area contributed by atoms with Crippen LogP contribution in [0.5, 0.6) is 0 Å². The van der Waals surface area contributed by atoms with Gasteiger partial charge >= 0.3 is 0 Å². The van der Waals surface area contributed by atoms with E-state index in [4.69, 9.17) is 0 Å². The summed E-state index contributed by atoms with van der Waals surface area (Å²) in [5, 5.41) is 2.99. The smallest absolute Gasteiger partial charge is 0.262 e. The highest BCUT2D eigenvalue weighted by atomic mass is 32.2. The molecule has 146 valence electrons. The highest BCUT2D eigenvalue weighted by Crippen LogP contribution is 2.28. The molecule has 3 amide bonds. The van der Waals surface area contributed by atoms with Gasteiger partial charge in [0.05, 0.1) is 11.1 Å². The zero-order valence-electron chi connectivity index (χ0n) is 16.3. The maximum absolute atomic E-state index is 13.2. The molecule has 0 saturated carbocycles. The van der Waals surface area contributed by atoms with Gasteiger partial charge in [-0.15, -0.1) is 0 Å². The van der Waals surface area contributed by atoms with Crippen LogP contribution in [0.25, 0.3) is 0 Å². The van der Waals surface area contributed by atoms with Crippen LogP contribution in [0.2, 0.25) is 0 Å². The average Bonchev–Trinajstić information content (AvgIpc) is 2.95. The summed E-state index contributed by atoms with van der Waals surface area (Å²) in [4.78, 5) is 40.1. The summed E-state index contributed by atoms with van der Waals surface area (Å²) in [6, 6.07) is 11.8. The second-order valence-corrected chi connectivity index (χ2v) is 7.76. The number of nitrogens with zero attached hydrogens (tertiary/aromatic N) is 1. The van der Waals surface area contributed by atoms with E-state index < -0.39 is 17.9 Å². The molecule has 0 aliphatic carbocycles. The Morgan fingerprint density at radius 1 is 1.07 bits per heavy atom. The Hall–Kier alpha value is -2.60. The summed E-state index contributed by atoms with van der Waals surface area (Å²) in [5.41, 5.74) is 3.47. The molecule has 1 aliphatic rings. The third-order valence-electron chi connectivity index (χ3n) is 5.02. The molecule has 0 radical (unpaired) electrons. The van der Waals surface area contributed by atoms with Crippen molar-refractivity contribution in [2.24, 2.45) is 0 Å². The van der Waals surface area contributed by atoms with E-state index in [1.807, 2.05) is 38.3 Å². The first-order valence-electron chi connectivity index (χ1n) is 9.34. The normalized spacial score (nSPS) is 14.2. The number of carbonyl (C=O) groups excluding carboxylic acids is 3. The maximum atomic E-state index is 13.2. The molecule has 6 heteroatoms. The summed E-state index contributed by atoms with van der Waals surface area (Å²) in [5.74, 6) is -0.461. The molecule has 1 atom stereocenters. The number of benzene rings is 2. The molecule has 0 spiro atoms. The van der Waals surface area contributed by atoms with Crippen molar-refractivity contribution in [3.05, 3.63) is 64.7 Å². The summed E-state index contributed by atoms with van der Waals surface area (Å²) < 4.78 is 0. The molecular weight excluding hydrogens is 372 g/mol. The topological polar surface area (TPSA) is 66.5 Å². The van der Waals surface area contributed by atoms with E-state index in [-0.39, 0.29) is 5.91 Å². The minimum absolute atomic E-state index is 0.326. The molecule has 0 saturated heterocycles. The standard InChI is InChI=1S/C22H24N2O3S/c1-4-15-9-7-8-14(2)19(15)23-20(25)18(12-13-28-3)24-21(26)16-10-5-6-11-17(16)22(24)27/h5-11,18H,4,12-13H2,1-3H3,(H,23,25)/t18-/m1/s1. The van der Waals surface area contributed by atoms with Gasteiger partial charge in [-0.25, -0.2) is 0 Å².